The lowest BCUT2D eigenvalue weighted by Crippen LogP contribution is -2.46. The molecule has 6 heteroatoms. The maximum absolute atomic E-state index is 12.2. The average Bonchev–Trinajstić information content (AvgIpc) is 2.44. The van der Waals surface area contributed by atoms with Gasteiger partial charge in [-0.15, -0.1) is 0 Å². The molecule has 2 rings (SSSR count). The Morgan fingerprint density at radius 1 is 1.60 bits per heavy atom. The fourth-order valence-electron chi connectivity index (χ4n) is 2.24. The first-order valence-corrected chi connectivity index (χ1v) is 6.83. The van der Waals surface area contributed by atoms with Crippen LogP contribution in [0.1, 0.15) is 16.1 Å². The van der Waals surface area contributed by atoms with E-state index in [1.165, 1.54) is 0 Å². The lowest BCUT2D eigenvalue weighted by molar-refractivity contribution is -0.0175. The van der Waals surface area contributed by atoms with Gasteiger partial charge in [0.15, 0.2) is 0 Å². The summed E-state index contributed by atoms with van der Waals surface area (Å²) < 4.78 is 5.62. The number of rotatable bonds is 4. The fourth-order valence-corrected chi connectivity index (χ4v) is 2.24. The molecule has 1 saturated heterocycles. The zero-order chi connectivity index (χ0) is 14.5. The number of ether oxygens (including phenoxy) is 1. The summed E-state index contributed by atoms with van der Waals surface area (Å²) in [6, 6.07) is 1.86. The normalized spacial score (nSPS) is 19.6. The lowest BCUT2D eigenvalue weighted by Gasteiger charge is -2.30. The SMILES string of the molecule is CNc1cc(C)ncc1C(=O)NCC1CN(C)CCO1. The molecule has 6 nitrogen and oxygen atoms in total. The third kappa shape index (κ3) is 3.68. The number of aromatic nitrogens is 1. The molecule has 1 amide bonds. The highest BCUT2D eigenvalue weighted by atomic mass is 16.5. The number of aryl methyl sites for hydroxylation is 1. The Morgan fingerprint density at radius 2 is 2.40 bits per heavy atom. The van der Waals surface area contributed by atoms with Gasteiger partial charge in [0.25, 0.3) is 5.91 Å². The van der Waals surface area contributed by atoms with Crippen molar-refractivity contribution in [3.63, 3.8) is 0 Å². The number of morpholine rings is 1. The zero-order valence-electron chi connectivity index (χ0n) is 12.3. The molecule has 1 atom stereocenters. The van der Waals surface area contributed by atoms with Crippen molar-refractivity contribution >= 4 is 11.6 Å². The van der Waals surface area contributed by atoms with E-state index in [2.05, 4.69) is 27.6 Å². The summed E-state index contributed by atoms with van der Waals surface area (Å²) in [5, 5.41) is 5.93. The molecule has 20 heavy (non-hydrogen) atoms. The van der Waals surface area contributed by atoms with Crippen molar-refractivity contribution in [2.75, 3.05) is 45.7 Å². The highest BCUT2D eigenvalue weighted by molar-refractivity contribution is 5.99. The Balaban J connectivity index is 1.94. The van der Waals surface area contributed by atoms with E-state index in [0.717, 1.165) is 24.5 Å². The van der Waals surface area contributed by atoms with Gasteiger partial charge in [-0.05, 0) is 20.0 Å². The fraction of sp³-hybridized carbons (Fsp3) is 0.571. The molecule has 0 aromatic carbocycles. The molecule has 0 spiro atoms. The summed E-state index contributed by atoms with van der Waals surface area (Å²) in [5.41, 5.74) is 2.22. The molecule has 1 aliphatic heterocycles. The molecular formula is C14H22N4O2. The van der Waals surface area contributed by atoms with Crippen LogP contribution in [0.5, 0.6) is 0 Å². The van der Waals surface area contributed by atoms with Gasteiger partial charge in [0.05, 0.1) is 24.0 Å². The quantitative estimate of drug-likeness (QED) is 0.839. The maximum Gasteiger partial charge on any atom is 0.255 e. The second kappa shape index (κ2) is 6.67. The molecular weight excluding hydrogens is 256 g/mol. The second-order valence-corrected chi connectivity index (χ2v) is 5.09. The molecule has 0 aliphatic carbocycles. The van der Waals surface area contributed by atoms with E-state index >= 15 is 0 Å². The summed E-state index contributed by atoms with van der Waals surface area (Å²) in [7, 11) is 3.85. The number of likely N-dealkylation sites (N-methyl/N-ethyl adjacent to an activating group) is 1. The van der Waals surface area contributed by atoms with Crippen LogP contribution < -0.4 is 10.6 Å². The van der Waals surface area contributed by atoms with Crippen LogP contribution in [0.15, 0.2) is 12.3 Å². The third-order valence-corrected chi connectivity index (χ3v) is 3.39. The van der Waals surface area contributed by atoms with Gasteiger partial charge in [0, 0.05) is 38.6 Å². The van der Waals surface area contributed by atoms with Crippen LogP contribution in [0.25, 0.3) is 0 Å². The van der Waals surface area contributed by atoms with Gasteiger partial charge < -0.3 is 20.3 Å². The minimum absolute atomic E-state index is 0.0501. The van der Waals surface area contributed by atoms with Crippen LogP contribution in [0.2, 0.25) is 0 Å². The van der Waals surface area contributed by atoms with Gasteiger partial charge in [-0.2, -0.15) is 0 Å². The van der Waals surface area contributed by atoms with Gasteiger partial charge in [-0.25, -0.2) is 0 Å². The Hall–Kier alpha value is -1.66. The highest BCUT2D eigenvalue weighted by Gasteiger charge is 2.19. The van der Waals surface area contributed by atoms with Gasteiger partial charge in [-0.3, -0.25) is 9.78 Å². The number of carbonyl (C=O) groups is 1. The van der Waals surface area contributed by atoms with Crippen molar-refractivity contribution in [1.29, 1.82) is 0 Å². The zero-order valence-corrected chi connectivity index (χ0v) is 12.3. The number of hydrogen-bond donors (Lipinski definition) is 2. The Labute approximate surface area is 119 Å². The van der Waals surface area contributed by atoms with Crippen LogP contribution in [0.3, 0.4) is 0 Å². The maximum atomic E-state index is 12.2. The second-order valence-electron chi connectivity index (χ2n) is 5.09. The minimum atomic E-state index is -0.126. The molecule has 1 aromatic rings. The van der Waals surface area contributed by atoms with Crippen molar-refractivity contribution in [2.24, 2.45) is 0 Å². The van der Waals surface area contributed by atoms with E-state index in [0.29, 0.717) is 18.7 Å². The van der Waals surface area contributed by atoms with Crippen LogP contribution >= 0.6 is 0 Å². The standard InChI is InChI=1S/C14H22N4O2/c1-10-6-13(15-2)12(8-16-10)14(19)17-7-11-9-18(3)4-5-20-11/h6,8,11H,4-5,7,9H2,1-3H3,(H,15,16)(H,17,19). The molecule has 1 unspecified atom stereocenters. The van der Waals surface area contributed by atoms with E-state index in [-0.39, 0.29) is 12.0 Å². The Kier molecular flexibility index (Phi) is 4.92. The number of nitrogens with zero attached hydrogens (tertiary/aromatic N) is 2. The van der Waals surface area contributed by atoms with Gasteiger partial charge in [0.1, 0.15) is 0 Å². The number of anilines is 1. The smallest absolute Gasteiger partial charge is 0.255 e. The van der Waals surface area contributed by atoms with Crippen molar-refractivity contribution in [3.8, 4) is 0 Å². The summed E-state index contributed by atoms with van der Waals surface area (Å²) in [5.74, 6) is -0.126. The molecule has 1 aliphatic rings. The third-order valence-electron chi connectivity index (χ3n) is 3.39. The largest absolute Gasteiger partial charge is 0.387 e. The Morgan fingerprint density at radius 3 is 3.10 bits per heavy atom. The van der Waals surface area contributed by atoms with E-state index in [4.69, 9.17) is 4.74 Å². The average molecular weight is 278 g/mol. The number of nitrogens with one attached hydrogen (secondary N) is 2. The molecule has 0 saturated carbocycles. The van der Waals surface area contributed by atoms with Crippen LogP contribution in [0, 0.1) is 6.92 Å². The lowest BCUT2D eigenvalue weighted by atomic mass is 10.2. The van der Waals surface area contributed by atoms with E-state index in [1.54, 1.807) is 13.2 Å². The summed E-state index contributed by atoms with van der Waals surface area (Å²) in [4.78, 5) is 18.6. The minimum Gasteiger partial charge on any atom is -0.387 e. The number of pyridine rings is 1. The predicted molar refractivity (Wildman–Crippen MR) is 78.1 cm³/mol. The van der Waals surface area contributed by atoms with E-state index in [9.17, 15) is 4.79 Å². The first-order valence-electron chi connectivity index (χ1n) is 6.83. The van der Waals surface area contributed by atoms with Crippen molar-refractivity contribution < 1.29 is 9.53 Å². The topological polar surface area (TPSA) is 66.5 Å². The molecule has 1 fully saturated rings. The van der Waals surface area contributed by atoms with Crippen LogP contribution in [-0.4, -0.2) is 62.2 Å². The molecule has 110 valence electrons. The van der Waals surface area contributed by atoms with Crippen molar-refractivity contribution in [2.45, 2.75) is 13.0 Å². The monoisotopic (exact) mass is 278 g/mol. The van der Waals surface area contributed by atoms with Gasteiger partial charge in [-0.1, -0.05) is 0 Å². The molecule has 2 heterocycles. The predicted octanol–water partition coefficient (Wildman–Crippen LogP) is 0.492. The highest BCUT2D eigenvalue weighted by Crippen LogP contribution is 2.14. The molecule has 2 N–H and O–H groups in total. The van der Waals surface area contributed by atoms with E-state index in [1.807, 2.05) is 13.0 Å². The summed E-state index contributed by atoms with van der Waals surface area (Å²) in [6.07, 6.45) is 1.65. The van der Waals surface area contributed by atoms with E-state index < -0.39 is 0 Å². The van der Waals surface area contributed by atoms with Crippen LogP contribution in [0.4, 0.5) is 5.69 Å². The first-order chi connectivity index (χ1) is 9.60. The summed E-state index contributed by atoms with van der Waals surface area (Å²) >= 11 is 0. The van der Waals surface area contributed by atoms with Crippen molar-refractivity contribution in [3.05, 3.63) is 23.5 Å². The Bertz CT molecular complexity index is 478. The number of carbonyl (C=O) groups excluding carboxylic acids is 1. The molecule has 0 bridgehead atoms. The number of amides is 1. The number of hydrogen-bond acceptors (Lipinski definition) is 5. The first kappa shape index (κ1) is 14.7. The van der Waals surface area contributed by atoms with Gasteiger partial charge in [0.2, 0.25) is 0 Å². The van der Waals surface area contributed by atoms with Crippen molar-refractivity contribution in [1.82, 2.24) is 15.2 Å². The molecule has 0 radical (unpaired) electrons. The molecule has 1 aromatic heterocycles. The summed E-state index contributed by atoms with van der Waals surface area (Å²) in [6.45, 7) is 4.90. The van der Waals surface area contributed by atoms with Crippen LogP contribution in [-0.2, 0) is 4.74 Å². The van der Waals surface area contributed by atoms with Gasteiger partial charge >= 0.3 is 0 Å².